The summed E-state index contributed by atoms with van der Waals surface area (Å²) in [7, 11) is 0. The molecule has 0 aliphatic carbocycles. The van der Waals surface area contributed by atoms with Crippen molar-refractivity contribution in [2.24, 2.45) is 0 Å². The summed E-state index contributed by atoms with van der Waals surface area (Å²) in [6.45, 7) is 2.22. The molecule has 1 fully saturated rings. The van der Waals surface area contributed by atoms with E-state index in [1.54, 1.807) is 28.9 Å². The first kappa shape index (κ1) is 43.0. The van der Waals surface area contributed by atoms with E-state index in [2.05, 4.69) is 39.9 Å². The van der Waals surface area contributed by atoms with Gasteiger partial charge in [-0.3, -0.25) is 4.79 Å². The topological polar surface area (TPSA) is 132 Å². The number of amides is 1. The molecule has 1 saturated heterocycles. The standard InChI is InChI=1S/C47H59N5O5S/c1-2-3-4-5-6-7-8-9-10-11-12-13-17-23-43(55)48-39-22-18-21-38(32-39)46-56-42(34-58-47-49-50-51-52(47)40-28-30-41(54)31-29-40)44(36-19-15-14-16-20-36)45(57-46)37-26-24-35(33-53)25-27-37/h14-16,18-22,24-32,42,44-46,53-54H,2-13,17,23,33-34H2,1H3,(H,48,55)/t42-,44-,45+,46?/m1/s1. The number of hydrogen-bond donors (Lipinski definition) is 3. The van der Waals surface area contributed by atoms with Gasteiger partial charge in [-0.15, -0.1) is 5.10 Å². The maximum absolute atomic E-state index is 13.1. The molecule has 10 nitrogen and oxygen atoms in total. The Kier molecular flexibility index (Phi) is 17.2. The number of aliphatic hydroxyl groups is 1. The second-order valence-electron chi connectivity index (χ2n) is 15.3. The van der Waals surface area contributed by atoms with Crippen molar-refractivity contribution in [1.29, 1.82) is 0 Å². The minimum Gasteiger partial charge on any atom is -0.508 e. The number of benzene rings is 4. The van der Waals surface area contributed by atoms with Gasteiger partial charge in [-0.1, -0.05) is 162 Å². The van der Waals surface area contributed by atoms with Crippen molar-refractivity contribution in [3.8, 4) is 11.4 Å². The molecular formula is C47H59N5O5S. The summed E-state index contributed by atoms with van der Waals surface area (Å²) in [5, 5.41) is 35.8. The summed E-state index contributed by atoms with van der Waals surface area (Å²) in [5.74, 6) is 0.469. The molecule has 4 atom stereocenters. The molecule has 1 aromatic heterocycles. The SMILES string of the molecule is CCCCCCCCCCCCCCCC(=O)Nc1cccc(C2O[C@H](CSc3nnnn3-c3ccc(O)cc3)[C@@H](c3ccccc3)[C@H](c3ccc(CO)cc3)O2)c1. The number of unbranched alkanes of at least 4 members (excludes halogenated alkanes) is 12. The molecule has 0 radical (unpaired) electrons. The Balaban J connectivity index is 1.11. The smallest absolute Gasteiger partial charge is 0.224 e. The van der Waals surface area contributed by atoms with Crippen molar-refractivity contribution in [1.82, 2.24) is 20.2 Å². The number of rotatable bonds is 23. The van der Waals surface area contributed by atoms with Gasteiger partial charge in [-0.05, 0) is 69.9 Å². The second-order valence-corrected chi connectivity index (χ2v) is 16.3. The Hall–Kier alpha value is -4.55. The Bertz CT molecular complexity index is 1940. The Morgan fingerprint density at radius 3 is 2.07 bits per heavy atom. The Labute approximate surface area is 347 Å². The van der Waals surface area contributed by atoms with Gasteiger partial charge in [0.2, 0.25) is 11.1 Å². The normalized spacial score (nSPS) is 18.0. The average Bonchev–Trinajstić information content (AvgIpc) is 3.73. The molecule has 4 aromatic carbocycles. The molecule has 1 aliphatic rings. The number of phenols is 1. The molecule has 1 amide bonds. The van der Waals surface area contributed by atoms with Crippen molar-refractivity contribution in [3.63, 3.8) is 0 Å². The number of nitrogens with one attached hydrogen (secondary N) is 1. The first-order chi connectivity index (χ1) is 28.5. The number of thioether (sulfide) groups is 1. The molecule has 1 aliphatic heterocycles. The maximum atomic E-state index is 13.1. The first-order valence-corrected chi connectivity index (χ1v) is 22.2. The van der Waals surface area contributed by atoms with Gasteiger partial charge in [0.25, 0.3) is 0 Å². The van der Waals surface area contributed by atoms with E-state index < -0.39 is 12.4 Å². The number of ether oxygens (including phenoxy) is 2. The fourth-order valence-corrected chi connectivity index (χ4v) is 8.58. The number of aromatic hydroxyl groups is 1. The van der Waals surface area contributed by atoms with E-state index >= 15 is 0 Å². The van der Waals surface area contributed by atoms with Gasteiger partial charge in [0.1, 0.15) is 5.75 Å². The predicted octanol–water partition coefficient (Wildman–Crippen LogP) is 11.0. The second kappa shape index (κ2) is 23.1. The molecule has 0 saturated carbocycles. The van der Waals surface area contributed by atoms with Crippen molar-refractivity contribution in [2.75, 3.05) is 11.1 Å². The third-order valence-corrected chi connectivity index (χ3v) is 11.8. The van der Waals surface area contributed by atoms with E-state index in [9.17, 15) is 15.0 Å². The highest BCUT2D eigenvalue weighted by Crippen LogP contribution is 2.48. The molecule has 11 heteroatoms. The van der Waals surface area contributed by atoms with Crippen molar-refractivity contribution in [2.45, 2.75) is 133 Å². The summed E-state index contributed by atoms with van der Waals surface area (Å²) in [6, 6.07) is 32.6. The summed E-state index contributed by atoms with van der Waals surface area (Å²) in [6.07, 6.45) is 15.5. The third kappa shape index (κ3) is 12.7. The van der Waals surface area contributed by atoms with Crippen LogP contribution in [0.3, 0.4) is 0 Å². The molecule has 6 rings (SSSR count). The summed E-state index contributed by atoms with van der Waals surface area (Å²) >= 11 is 1.48. The van der Waals surface area contributed by atoms with Gasteiger partial charge in [0.05, 0.1) is 24.5 Å². The van der Waals surface area contributed by atoms with Gasteiger partial charge >= 0.3 is 0 Å². The Morgan fingerprint density at radius 1 is 0.741 bits per heavy atom. The molecular weight excluding hydrogens is 747 g/mol. The van der Waals surface area contributed by atoms with Crippen LogP contribution in [0.1, 0.15) is 137 Å². The number of carbonyl (C=O) groups excluding carboxylic acids is 1. The zero-order valence-electron chi connectivity index (χ0n) is 33.8. The number of phenolic OH excluding ortho intramolecular Hbond substituents is 1. The highest BCUT2D eigenvalue weighted by molar-refractivity contribution is 7.99. The van der Waals surface area contributed by atoms with Gasteiger partial charge < -0.3 is 25.0 Å². The monoisotopic (exact) mass is 805 g/mol. The van der Waals surface area contributed by atoms with Crippen LogP contribution in [0.15, 0.2) is 108 Å². The van der Waals surface area contributed by atoms with Crippen LogP contribution in [0.25, 0.3) is 5.69 Å². The van der Waals surface area contributed by atoms with E-state index in [1.807, 2.05) is 66.7 Å². The van der Waals surface area contributed by atoms with E-state index in [0.29, 0.717) is 23.0 Å². The minimum absolute atomic E-state index is 0.0114. The quantitative estimate of drug-likeness (QED) is 0.0436. The van der Waals surface area contributed by atoms with Crippen LogP contribution in [-0.2, 0) is 20.9 Å². The highest BCUT2D eigenvalue weighted by Gasteiger charge is 2.42. The molecule has 3 N–H and O–H groups in total. The van der Waals surface area contributed by atoms with Crippen LogP contribution in [0.5, 0.6) is 5.75 Å². The van der Waals surface area contributed by atoms with Crippen LogP contribution < -0.4 is 5.32 Å². The zero-order chi connectivity index (χ0) is 40.4. The van der Waals surface area contributed by atoms with E-state index in [1.165, 1.54) is 82.4 Å². The van der Waals surface area contributed by atoms with Gasteiger partial charge in [0.15, 0.2) is 6.29 Å². The number of carbonyl (C=O) groups is 1. The molecule has 5 aromatic rings. The fourth-order valence-electron chi connectivity index (χ4n) is 7.62. The van der Waals surface area contributed by atoms with E-state index in [0.717, 1.165) is 40.8 Å². The number of aromatic nitrogens is 4. The van der Waals surface area contributed by atoms with Crippen LogP contribution >= 0.6 is 11.8 Å². The lowest BCUT2D eigenvalue weighted by Gasteiger charge is -2.43. The van der Waals surface area contributed by atoms with Crippen molar-refractivity contribution < 1.29 is 24.5 Å². The van der Waals surface area contributed by atoms with Crippen LogP contribution in [-0.4, -0.2) is 48.2 Å². The predicted molar refractivity (Wildman–Crippen MR) is 230 cm³/mol. The molecule has 0 spiro atoms. The number of hydrogen-bond acceptors (Lipinski definition) is 9. The number of tetrazole rings is 1. The minimum atomic E-state index is -0.737. The lowest BCUT2D eigenvalue weighted by atomic mass is 9.84. The highest BCUT2D eigenvalue weighted by atomic mass is 32.2. The lowest BCUT2D eigenvalue weighted by molar-refractivity contribution is -0.255. The van der Waals surface area contributed by atoms with Crippen LogP contribution in [0.2, 0.25) is 0 Å². The van der Waals surface area contributed by atoms with Gasteiger partial charge in [-0.25, -0.2) is 0 Å². The molecule has 58 heavy (non-hydrogen) atoms. The number of anilines is 1. The van der Waals surface area contributed by atoms with Gasteiger partial charge in [0, 0.05) is 29.3 Å². The summed E-state index contributed by atoms with van der Waals surface area (Å²) < 4.78 is 15.5. The molecule has 0 bridgehead atoms. The zero-order valence-corrected chi connectivity index (χ0v) is 34.6. The lowest BCUT2D eigenvalue weighted by Crippen LogP contribution is -2.38. The van der Waals surface area contributed by atoms with E-state index in [4.69, 9.17) is 9.47 Å². The van der Waals surface area contributed by atoms with Gasteiger partial charge in [-0.2, -0.15) is 4.68 Å². The average molecular weight is 806 g/mol. The van der Waals surface area contributed by atoms with Crippen LogP contribution in [0, 0.1) is 0 Å². The van der Waals surface area contributed by atoms with Crippen molar-refractivity contribution >= 4 is 23.4 Å². The fraction of sp³-hybridized carbons (Fsp3) is 0.447. The number of nitrogens with zero attached hydrogens (tertiary/aromatic N) is 4. The third-order valence-electron chi connectivity index (χ3n) is 10.8. The number of aliphatic hydroxyl groups excluding tert-OH is 1. The largest absolute Gasteiger partial charge is 0.508 e. The molecule has 1 unspecified atom stereocenters. The van der Waals surface area contributed by atoms with Crippen molar-refractivity contribution in [3.05, 3.63) is 125 Å². The summed E-state index contributed by atoms with van der Waals surface area (Å²) in [4.78, 5) is 13.1. The maximum Gasteiger partial charge on any atom is 0.224 e. The molecule has 308 valence electrons. The van der Waals surface area contributed by atoms with E-state index in [-0.39, 0.29) is 30.3 Å². The summed E-state index contributed by atoms with van der Waals surface area (Å²) in [5.41, 5.74) is 5.08. The van der Waals surface area contributed by atoms with Crippen LogP contribution in [0.4, 0.5) is 5.69 Å². The Morgan fingerprint density at radius 2 is 1.40 bits per heavy atom. The molecule has 2 heterocycles. The first-order valence-electron chi connectivity index (χ1n) is 21.2.